The van der Waals surface area contributed by atoms with E-state index in [1.165, 1.54) is 12.1 Å². The lowest BCUT2D eigenvalue weighted by Gasteiger charge is -2.36. The Hall–Kier alpha value is -1.71. The number of hydrogen-bond donors (Lipinski definition) is 0. The number of unbranched alkanes of at least 4 members (excludes halogenated alkanes) is 2. The van der Waals surface area contributed by atoms with E-state index >= 15 is 0 Å². The van der Waals surface area contributed by atoms with Gasteiger partial charge in [0.25, 0.3) is 0 Å². The van der Waals surface area contributed by atoms with Crippen molar-refractivity contribution in [3.8, 4) is 5.75 Å². The quantitative estimate of drug-likeness (QED) is 0.755. The van der Waals surface area contributed by atoms with Crippen LogP contribution in [0.4, 0.5) is 5.69 Å². The molecule has 0 radical (unpaired) electrons. The first-order valence-corrected chi connectivity index (χ1v) is 7.91. The maximum atomic E-state index is 12.1. The molecule has 1 saturated heterocycles. The normalized spacial score (nSPS) is 15.1. The van der Waals surface area contributed by atoms with Crippen molar-refractivity contribution in [2.24, 2.45) is 0 Å². The van der Waals surface area contributed by atoms with Gasteiger partial charge < -0.3 is 14.5 Å². The molecular weight excluding hydrogens is 264 g/mol. The van der Waals surface area contributed by atoms with E-state index in [1.807, 2.05) is 17.0 Å². The minimum absolute atomic E-state index is 0.317. The van der Waals surface area contributed by atoms with Gasteiger partial charge in [-0.1, -0.05) is 19.8 Å². The van der Waals surface area contributed by atoms with Crippen LogP contribution in [0.1, 0.15) is 32.6 Å². The fourth-order valence-corrected chi connectivity index (χ4v) is 2.69. The number of hydrogen-bond acceptors (Lipinski definition) is 3. The molecule has 1 aromatic rings. The van der Waals surface area contributed by atoms with E-state index in [0.29, 0.717) is 12.3 Å². The number of ether oxygens (including phenoxy) is 1. The molecule has 0 atom stereocenters. The van der Waals surface area contributed by atoms with Gasteiger partial charge in [-0.05, 0) is 30.7 Å². The molecular formula is C17H26N2O2. The Bertz CT molecular complexity index is 437. The van der Waals surface area contributed by atoms with Crippen molar-refractivity contribution in [2.75, 3.05) is 38.2 Å². The van der Waals surface area contributed by atoms with Crippen molar-refractivity contribution in [1.29, 1.82) is 0 Å². The molecule has 1 aromatic carbocycles. The summed E-state index contributed by atoms with van der Waals surface area (Å²) in [6.45, 7) is 5.64. The zero-order chi connectivity index (χ0) is 15.1. The van der Waals surface area contributed by atoms with Crippen LogP contribution < -0.4 is 9.64 Å². The lowest BCUT2D eigenvalue weighted by Crippen LogP contribution is -2.48. The predicted octanol–water partition coefficient (Wildman–Crippen LogP) is 2.92. The van der Waals surface area contributed by atoms with Gasteiger partial charge in [-0.2, -0.15) is 0 Å². The van der Waals surface area contributed by atoms with Gasteiger partial charge >= 0.3 is 0 Å². The highest BCUT2D eigenvalue weighted by Gasteiger charge is 2.20. The molecule has 0 saturated carbocycles. The molecule has 1 heterocycles. The Labute approximate surface area is 127 Å². The number of amides is 1. The van der Waals surface area contributed by atoms with Gasteiger partial charge in [-0.3, -0.25) is 4.79 Å². The van der Waals surface area contributed by atoms with Gasteiger partial charge in [0.2, 0.25) is 5.91 Å². The second-order valence-corrected chi connectivity index (χ2v) is 5.52. The molecule has 1 fully saturated rings. The molecule has 2 rings (SSSR count). The van der Waals surface area contributed by atoms with E-state index in [1.54, 1.807) is 7.11 Å². The van der Waals surface area contributed by atoms with Gasteiger partial charge in [0.15, 0.2) is 0 Å². The van der Waals surface area contributed by atoms with Crippen molar-refractivity contribution >= 4 is 11.6 Å². The standard InChI is InChI=1S/C17H26N2O2/c1-3-4-5-6-17(20)19-13-11-18(12-14-19)15-7-9-16(21-2)10-8-15/h7-10H,3-6,11-14H2,1-2H3. The zero-order valence-corrected chi connectivity index (χ0v) is 13.2. The Morgan fingerprint density at radius 2 is 1.76 bits per heavy atom. The molecule has 1 aliphatic rings. The molecule has 1 aliphatic heterocycles. The summed E-state index contributed by atoms with van der Waals surface area (Å²) in [6.07, 6.45) is 4.04. The van der Waals surface area contributed by atoms with Gasteiger partial charge in [0, 0.05) is 38.3 Å². The Morgan fingerprint density at radius 1 is 1.10 bits per heavy atom. The predicted molar refractivity (Wildman–Crippen MR) is 85.9 cm³/mol. The van der Waals surface area contributed by atoms with Crippen molar-refractivity contribution in [3.63, 3.8) is 0 Å². The van der Waals surface area contributed by atoms with Crippen LogP contribution in [-0.4, -0.2) is 44.1 Å². The molecule has 4 heteroatoms. The average Bonchev–Trinajstić information content (AvgIpc) is 2.55. The molecule has 0 unspecified atom stereocenters. The number of methoxy groups -OCH3 is 1. The number of piperazine rings is 1. The highest BCUT2D eigenvalue weighted by Crippen LogP contribution is 2.20. The lowest BCUT2D eigenvalue weighted by atomic mass is 10.1. The van der Waals surface area contributed by atoms with Crippen LogP contribution >= 0.6 is 0 Å². The van der Waals surface area contributed by atoms with Gasteiger partial charge in [0.05, 0.1) is 7.11 Å². The van der Waals surface area contributed by atoms with Crippen LogP contribution in [0.2, 0.25) is 0 Å². The third-order valence-corrected chi connectivity index (χ3v) is 4.06. The third kappa shape index (κ3) is 4.38. The summed E-state index contributed by atoms with van der Waals surface area (Å²) in [5.41, 5.74) is 1.20. The SMILES string of the molecule is CCCCCC(=O)N1CCN(c2ccc(OC)cc2)CC1. The van der Waals surface area contributed by atoms with E-state index in [0.717, 1.165) is 44.8 Å². The van der Waals surface area contributed by atoms with Crippen molar-refractivity contribution in [2.45, 2.75) is 32.6 Å². The largest absolute Gasteiger partial charge is 0.497 e. The van der Waals surface area contributed by atoms with Crippen LogP contribution in [0.15, 0.2) is 24.3 Å². The van der Waals surface area contributed by atoms with E-state index in [2.05, 4.69) is 24.0 Å². The van der Waals surface area contributed by atoms with Crippen LogP contribution in [0, 0.1) is 0 Å². The number of carbonyl (C=O) groups excluding carboxylic acids is 1. The molecule has 116 valence electrons. The summed E-state index contributed by atoms with van der Waals surface area (Å²) in [5.74, 6) is 1.20. The number of anilines is 1. The monoisotopic (exact) mass is 290 g/mol. The molecule has 0 spiro atoms. The fraction of sp³-hybridized carbons (Fsp3) is 0.588. The first-order chi connectivity index (χ1) is 10.2. The van der Waals surface area contributed by atoms with Crippen molar-refractivity contribution < 1.29 is 9.53 Å². The second kappa shape index (κ2) is 7.91. The molecule has 21 heavy (non-hydrogen) atoms. The first kappa shape index (κ1) is 15.7. The zero-order valence-electron chi connectivity index (χ0n) is 13.2. The van der Waals surface area contributed by atoms with Crippen molar-refractivity contribution in [3.05, 3.63) is 24.3 Å². The maximum absolute atomic E-state index is 12.1. The molecule has 0 aliphatic carbocycles. The molecule has 4 nitrogen and oxygen atoms in total. The molecule has 0 bridgehead atoms. The number of benzene rings is 1. The van der Waals surface area contributed by atoms with E-state index < -0.39 is 0 Å². The van der Waals surface area contributed by atoms with E-state index in [-0.39, 0.29) is 0 Å². The number of carbonyl (C=O) groups is 1. The third-order valence-electron chi connectivity index (χ3n) is 4.06. The fourth-order valence-electron chi connectivity index (χ4n) is 2.69. The lowest BCUT2D eigenvalue weighted by molar-refractivity contribution is -0.131. The minimum atomic E-state index is 0.317. The molecule has 0 aromatic heterocycles. The van der Waals surface area contributed by atoms with Gasteiger partial charge in [-0.15, -0.1) is 0 Å². The van der Waals surface area contributed by atoms with Crippen LogP contribution in [0.3, 0.4) is 0 Å². The van der Waals surface area contributed by atoms with Gasteiger partial charge in [-0.25, -0.2) is 0 Å². The van der Waals surface area contributed by atoms with Crippen LogP contribution in [0.25, 0.3) is 0 Å². The number of rotatable bonds is 6. The van der Waals surface area contributed by atoms with E-state index in [9.17, 15) is 4.79 Å². The topological polar surface area (TPSA) is 32.8 Å². The Morgan fingerprint density at radius 3 is 2.33 bits per heavy atom. The van der Waals surface area contributed by atoms with E-state index in [4.69, 9.17) is 4.74 Å². The Kier molecular flexibility index (Phi) is 5.90. The summed E-state index contributed by atoms with van der Waals surface area (Å²) >= 11 is 0. The van der Waals surface area contributed by atoms with Crippen LogP contribution in [0.5, 0.6) is 5.75 Å². The summed E-state index contributed by atoms with van der Waals surface area (Å²) < 4.78 is 5.18. The highest BCUT2D eigenvalue weighted by atomic mass is 16.5. The second-order valence-electron chi connectivity index (χ2n) is 5.52. The van der Waals surface area contributed by atoms with Crippen molar-refractivity contribution in [1.82, 2.24) is 4.90 Å². The smallest absolute Gasteiger partial charge is 0.222 e. The summed E-state index contributed by atoms with van der Waals surface area (Å²) in [4.78, 5) is 16.4. The number of nitrogens with zero attached hydrogens (tertiary/aromatic N) is 2. The Balaban J connectivity index is 1.80. The maximum Gasteiger partial charge on any atom is 0.222 e. The average molecular weight is 290 g/mol. The summed E-state index contributed by atoms with van der Waals surface area (Å²) in [7, 11) is 1.68. The minimum Gasteiger partial charge on any atom is -0.497 e. The summed E-state index contributed by atoms with van der Waals surface area (Å²) in [5, 5.41) is 0. The summed E-state index contributed by atoms with van der Waals surface area (Å²) in [6, 6.07) is 8.13. The highest BCUT2D eigenvalue weighted by molar-refractivity contribution is 5.76. The molecule has 1 amide bonds. The van der Waals surface area contributed by atoms with Crippen LogP contribution in [-0.2, 0) is 4.79 Å². The molecule has 0 N–H and O–H groups in total. The van der Waals surface area contributed by atoms with Gasteiger partial charge in [0.1, 0.15) is 5.75 Å². The first-order valence-electron chi connectivity index (χ1n) is 7.91.